The summed E-state index contributed by atoms with van der Waals surface area (Å²) in [5.74, 6) is -1.71. The molecular formula is C19H13ClN2O5. The summed E-state index contributed by atoms with van der Waals surface area (Å²) < 4.78 is 5.60. The predicted octanol–water partition coefficient (Wildman–Crippen LogP) is 4.44. The van der Waals surface area contributed by atoms with Crippen LogP contribution in [0.1, 0.15) is 26.5 Å². The number of furan rings is 1. The number of rotatable bonds is 6. The zero-order valence-electron chi connectivity index (χ0n) is 13.7. The van der Waals surface area contributed by atoms with Crippen molar-refractivity contribution in [1.82, 2.24) is 0 Å². The summed E-state index contributed by atoms with van der Waals surface area (Å²) in [5, 5.41) is 23.0. The third-order valence-electron chi connectivity index (χ3n) is 3.57. The molecule has 0 bridgehead atoms. The zero-order chi connectivity index (χ0) is 19.4. The smallest absolute Gasteiger partial charge is 0.335 e. The molecule has 3 aromatic rings. The van der Waals surface area contributed by atoms with Gasteiger partial charge in [0.15, 0.2) is 0 Å². The summed E-state index contributed by atoms with van der Waals surface area (Å²) in [6.45, 7) is 0. The highest BCUT2D eigenvalue weighted by Crippen LogP contribution is 2.25. The average Bonchev–Trinajstić information content (AvgIpc) is 3.12. The van der Waals surface area contributed by atoms with Gasteiger partial charge in [0.2, 0.25) is 0 Å². The van der Waals surface area contributed by atoms with E-state index in [1.54, 1.807) is 36.4 Å². The number of benzene rings is 2. The van der Waals surface area contributed by atoms with Crippen molar-refractivity contribution in [2.45, 2.75) is 0 Å². The molecule has 1 aromatic heterocycles. The quantitative estimate of drug-likeness (QED) is 0.427. The van der Waals surface area contributed by atoms with E-state index in [0.717, 1.165) is 11.8 Å². The Bertz CT molecular complexity index is 993. The van der Waals surface area contributed by atoms with Gasteiger partial charge < -0.3 is 14.6 Å². The van der Waals surface area contributed by atoms with E-state index >= 15 is 0 Å². The molecule has 27 heavy (non-hydrogen) atoms. The number of carboxylic acids is 2. The maximum absolute atomic E-state index is 11.2. The van der Waals surface area contributed by atoms with Gasteiger partial charge in [-0.2, -0.15) is 5.10 Å². The number of hydrazone groups is 1. The molecular weight excluding hydrogens is 372 g/mol. The second-order valence-corrected chi connectivity index (χ2v) is 5.92. The van der Waals surface area contributed by atoms with Gasteiger partial charge in [-0.1, -0.05) is 11.6 Å². The van der Waals surface area contributed by atoms with Crippen molar-refractivity contribution in [3.8, 4) is 11.3 Å². The zero-order valence-corrected chi connectivity index (χ0v) is 14.5. The summed E-state index contributed by atoms with van der Waals surface area (Å²) in [6, 6.07) is 14.0. The van der Waals surface area contributed by atoms with Gasteiger partial charge in [-0.05, 0) is 54.6 Å². The Morgan fingerprint density at radius 3 is 2.19 bits per heavy atom. The van der Waals surface area contributed by atoms with Crippen LogP contribution in [0.2, 0.25) is 5.02 Å². The molecule has 3 rings (SSSR count). The molecule has 3 N–H and O–H groups in total. The highest BCUT2D eigenvalue weighted by atomic mass is 35.5. The molecule has 2 aromatic carbocycles. The Kier molecular flexibility index (Phi) is 5.23. The Hall–Kier alpha value is -3.58. The fourth-order valence-corrected chi connectivity index (χ4v) is 2.42. The van der Waals surface area contributed by atoms with Gasteiger partial charge in [0, 0.05) is 10.6 Å². The normalized spacial score (nSPS) is 10.9. The van der Waals surface area contributed by atoms with Crippen molar-refractivity contribution < 1.29 is 24.2 Å². The number of hydrogen-bond donors (Lipinski definition) is 3. The van der Waals surface area contributed by atoms with Gasteiger partial charge in [0.05, 0.1) is 23.0 Å². The van der Waals surface area contributed by atoms with Crippen molar-refractivity contribution in [2.24, 2.45) is 5.10 Å². The van der Waals surface area contributed by atoms with E-state index in [1.165, 1.54) is 18.3 Å². The monoisotopic (exact) mass is 384 g/mol. The van der Waals surface area contributed by atoms with Crippen molar-refractivity contribution >= 4 is 35.4 Å². The van der Waals surface area contributed by atoms with Crippen LogP contribution < -0.4 is 5.43 Å². The van der Waals surface area contributed by atoms with Gasteiger partial charge in [-0.15, -0.1) is 0 Å². The first-order chi connectivity index (χ1) is 12.9. The molecule has 0 aliphatic carbocycles. The number of aromatic carboxylic acids is 2. The van der Waals surface area contributed by atoms with Crippen LogP contribution in [0.4, 0.5) is 5.69 Å². The van der Waals surface area contributed by atoms with E-state index in [0.29, 0.717) is 22.1 Å². The maximum Gasteiger partial charge on any atom is 0.335 e. The summed E-state index contributed by atoms with van der Waals surface area (Å²) >= 11 is 5.81. The Labute approximate surface area is 158 Å². The van der Waals surface area contributed by atoms with Gasteiger partial charge in [-0.3, -0.25) is 5.43 Å². The Morgan fingerprint density at radius 2 is 1.59 bits per heavy atom. The topological polar surface area (TPSA) is 112 Å². The van der Waals surface area contributed by atoms with E-state index in [2.05, 4.69) is 10.5 Å². The fourth-order valence-electron chi connectivity index (χ4n) is 2.29. The molecule has 0 atom stereocenters. The lowest BCUT2D eigenvalue weighted by Crippen LogP contribution is -2.02. The lowest BCUT2D eigenvalue weighted by molar-refractivity contribution is 0.0696. The number of carboxylic acid groups (broad SMARTS) is 2. The summed E-state index contributed by atoms with van der Waals surface area (Å²) in [5.41, 5.74) is 3.62. The first-order valence-corrected chi connectivity index (χ1v) is 8.07. The molecule has 8 heteroatoms. The van der Waals surface area contributed by atoms with Crippen LogP contribution in [0.3, 0.4) is 0 Å². The molecule has 0 aliphatic rings. The second kappa shape index (κ2) is 7.76. The molecule has 0 spiro atoms. The second-order valence-electron chi connectivity index (χ2n) is 5.49. The minimum Gasteiger partial charge on any atom is -0.478 e. The van der Waals surface area contributed by atoms with Crippen LogP contribution in [0.25, 0.3) is 11.3 Å². The third kappa shape index (κ3) is 4.53. The van der Waals surface area contributed by atoms with Gasteiger partial charge in [0.25, 0.3) is 0 Å². The minimum absolute atomic E-state index is 0.138. The highest BCUT2D eigenvalue weighted by molar-refractivity contribution is 6.30. The summed E-state index contributed by atoms with van der Waals surface area (Å²) in [7, 11) is 0. The van der Waals surface area contributed by atoms with Crippen LogP contribution in [-0.2, 0) is 0 Å². The molecule has 136 valence electrons. The van der Waals surface area contributed by atoms with Crippen LogP contribution in [0, 0.1) is 0 Å². The summed E-state index contributed by atoms with van der Waals surface area (Å²) in [4.78, 5) is 22.4. The van der Waals surface area contributed by atoms with Crippen LogP contribution in [0.15, 0.2) is 64.1 Å². The Morgan fingerprint density at radius 1 is 0.963 bits per heavy atom. The van der Waals surface area contributed by atoms with E-state index in [-0.39, 0.29) is 11.1 Å². The highest BCUT2D eigenvalue weighted by Gasteiger charge is 2.14. The molecule has 0 saturated carbocycles. The number of anilines is 1. The molecule has 0 fully saturated rings. The van der Waals surface area contributed by atoms with Crippen molar-refractivity contribution in [3.05, 3.63) is 76.5 Å². The van der Waals surface area contributed by atoms with Gasteiger partial charge >= 0.3 is 11.9 Å². The first-order valence-electron chi connectivity index (χ1n) is 7.69. The van der Waals surface area contributed by atoms with Crippen LogP contribution >= 0.6 is 11.6 Å². The van der Waals surface area contributed by atoms with Crippen molar-refractivity contribution in [1.29, 1.82) is 0 Å². The molecule has 0 saturated heterocycles. The molecule has 0 unspecified atom stereocenters. The SMILES string of the molecule is O=C(O)c1cc(C(=O)O)cc(-c2ccc(C=NNc3ccc(Cl)cc3)o2)c1. The maximum atomic E-state index is 11.2. The average molecular weight is 385 g/mol. The standard InChI is InChI=1S/C19H13ClN2O5/c20-14-1-3-15(4-2-14)22-21-10-16-5-6-17(27-16)11-7-12(18(23)24)9-13(8-11)19(25)26/h1-10,22H,(H,23,24)(H,25,26). The van der Waals surface area contributed by atoms with E-state index in [4.69, 9.17) is 26.2 Å². The first kappa shape index (κ1) is 18.2. The van der Waals surface area contributed by atoms with E-state index in [1.807, 2.05) is 0 Å². The lowest BCUT2D eigenvalue weighted by atomic mass is 10.0. The third-order valence-corrected chi connectivity index (χ3v) is 3.82. The minimum atomic E-state index is -1.22. The van der Waals surface area contributed by atoms with Gasteiger partial charge in [0.1, 0.15) is 11.5 Å². The van der Waals surface area contributed by atoms with Crippen LogP contribution in [-0.4, -0.2) is 28.4 Å². The largest absolute Gasteiger partial charge is 0.478 e. The molecule has 0 amide bonds. The number of hydrogen-bond acceptors (Lipinski definition) is 5. The molecule has 7 nitrogen and oxygen atoms in total. The Balaban J connectivity index is 1.80. The fraction of sp³-hybridized carbons (Fsp3) is 0. The number of halogens is 1. The lowest BCUT2D eigenvalue weighted by Gasteiger charge is -2.03. The molecule has 1 heterocycles. The van der Waals surface area contributed by atoms with E-state index in [9.17, 15) is 9.59 Å². The molecule has 0 radical (unpaired) electrons. The van der Waals surface area contributed by atoms with Crippen molar-refractivity contribution in [2.75, 3.05) is 5.43 Å². The number of carbonyl (C=O) groups is 2. The number of nitrogens with one attached hydrogen (secondary N) is 1. The molecule has 0 aliphatic heterocycles. The predicted molar refractivity (Wildman–Crippen MR) is 101 cm³/mol. The number of nitrogens with zero attached hydrogens (tertiary/aromatic N) is 1. The van der Waals surface area contributed by atoms with Crippen LogP contribution in [0.5, 0.6) is 0 Å². The van der Waals surface area contributed by atoms with E-state index < -0.39 is 11.9 Å². The van der Waals surface area contributed by atoms with Crippen molar-refractivity contribution in [3.63, 3.8) is 0 Å². The summed E-state index contributed by atoms with van der Waals surface area (Å²) in [6.07, 6.45) is 1.44. The van der Waals surface area contributed by atoms with Gasteiger partial charge in [-0.25, -0.2) is 9.59 Å².